The number of aromatic nitrogens is 2. The third kappa shape index (κ3) is 9.92. The Labute approximate surface area is 225 Å². The van der Waals surface area contributed by atoms with E-state index in [1.165, 1.54) is 11.0 Å². The van der Waals surface area contributed by atoms with Gasteiger partial charge in [-0.15, -0.1) is 0 Å². The van der Waals surface area contributed by atoms with Gasteiger partial charge in [0.05, 0.1) is 23.4 Å². The lowest BCUT2D eigenvalue weighted by atomic mass is 10.2. The monoisotopic (exact) mass is 516 g/mol. The molecule has 10 heteroatoms. The fourth-order valence-corrected chi connectivity index (χ4v) is 3.14. The first-order chi connectivity index (χ1) is 18.2. The van der Waals surface area contributed by atoms with Crippen LogP contribution in [0.4, 0.5) is 17.5 Å². The number of unbranched alkanes of at least 4 members (excludes halogenated alkanes) is 1. The van der Waals surface area contributed by atoms with E-state index < -0.39 is 6.04 Å². The van der Waals surface area contributed by atoms with Crippen molar-refractivity contribution in [3.8, 4) is 17.9 Å². The van der Waals surface area contributed by atoms with E-state index in [0.29, 0.717) is 55.4 Å². The molecule has 0 bridgehead atoms. The Kier molecular flexibility index (Phi) is 12.3. The maximum Gasteiger partial charge on any atom is 0.246 e. The molecule has 10 nitrogen and oxygen atoms in total. The van der Waals surface area contributed by atoms with Crippen LogP contribution in [-0.2, 0) is 9.59 Å². The topological polar surface area (TPSA) is 126 Å². The van der Waals surface area contributed by atoms with Crippen LogP contribution in [-0.4, -0.2) is 78.4 Å². The Morgan fingerprint density at radius 1 is 1.18 bits per heavy atom. The number of carbonyl (C=O) groups excluding carboxylic acids is 2. The van der Waals surface area contributed by atoms with Crippen molar-refractivity contribution in [1.29, 1.82) is 5.26 Å². The number of hydrogen-bond donors (Lipinski definition) is 3. The van der Waals surface area contributed by atoms with Crippen LogP contribution in [0.1, 0.15) is 37.8 Å². The van der Waals surface area contributed by atoms with Crippen molar-refractivity contribution < 1.29 is 9.59 Å². The van der Waals surface area contributed by atoms with Crippen LogP contribution in [0, 0.1) is 23.2 Å². The Hall–Kier alpha value is -4.41. The Morgan fingerprint density at radius 2 is 1.92 bits per heavy atom. The summed E-state index contributed by atoms with van der Waals surface area (Å²) in [5, 5.41) is 18.1. The van der Waals surface area contributed by atoms with Crippen LogP contribution >= 0.6 is 0 Å². The molecule has 0 aliphatic rings. The number of nitriles is 1. The van der Waals surface area contributed by atoms with E-state index in [9.17, 15) is 9.59 Å². The van der Waals surface area contributed by atoms with Crippen molar-refractivity contribution in [2.24, 2.45) is 0 Å². The summed E-state index contributed by atoms with van der Waals surface area (Å²) in [5.41, 5.74) is 2.03. The van der Waals surface area contributed by atoms with Crippen LogP contribution < -0.4 is 16.0 Å². The number of nitrogens with one attached hydrogen (secondary N) is 3. The summed E-state index contributed by atoms with van der Waals surface area (Å²) >= 11 is 0. The zero-order chi connectivity index (χ0) is 27.9. The van der Waals surface area contributed by atoms with Crippen molar-refractivity contribution in [3.05, 3.63) is 53.7 Å². The average Bonchev–Trinajstić information content (AvgIpc) is 2.91. The third-order valence-corrected chi connectivity index (χ3v) is 5.44. The third-order valence-electron chi connectivity index (χ3n) is 5.44. The number of nitrogens with zero attached hydrogens (tertiary/aromatic N) is 5. The minimum absolute atomic E-state index is 0.206. The number of likely N-dealkylation sites (N-methyl/N-ethyl adjacent to an activating group) is 2. The van der Waals surface area contributed by atoms with Gasteiger partial charge in [-0.3, -0.25) is 9.59 Å². The molecule has 0 aliphatic carbocycles. The summed E-state index contributed by atoms with van der Waals surface area (Å²) in [6.07, 6.45) is 6.16. The Bertz CT molecular complexity index is 1210. The molecule has 3 N–H and O–H groups in total. The van der Waals surface area contributed by atoms with E-state index in [0.717, 1.165) is 5.69 Å². The number of hydrogen-bond acceptors (Lipinski definition) is 8. The fraction of sp³-hybridized carbons (Fsp3) is 0.393. The second-order valence-corrected chi connectivity index (χ2v) is 8.79. The van der Waals surface area contributed by atoms with E-state index in [1.807, 2.05) is 25.9 Å². The number of carbonyl (C=O) groups is 2. The molecule has 1 heterocycles. The predicted octanol–water partition coefficient (Wildman–Crippen LogP) is 2.74. The second-order valence-electron chi connectivity index (χ2n) is 8.79. The van der Waals surface area contributed by atoms with Crippen molar-refractivity contribution in [1.82, 2.24) is 25.1 Å². The molecule has 2 rings (SSSR count). The van der Waals surface area contributed by atoms with Gasteiger partial charge in [0, 0.05) is 44.9 Å². The highest BCUT2D eigenvalue weighted by Crippen LogP contribution is 2.17. The first-order valence-electron chi connectivity index (χ1n) is 12.5. The van der Waals surface area contributed by atoms with Gasteiger partial charge < -0.3 is 25.8 Å². The van der Waals surface area contributed by atoms with E-state index in [4.69, 9.17) is 5.26 Å². The average molecular weight is 517 g/mol. The highest BCUT2D eigenvalue weighted by atomic mass is 16.2. The van der Waals surface area contributed by atoms with Crippen molar-refractivity contribution in [3.63, 3.8) is 0 Å². The number of rotatable bonds is 12. The van der Waals surface area contributed by atoms with Crippen LogP contribution in [0.2, 0.25) is 0 Å². The summed E-state index contributed by atoms with van der Waals surface area (Å²) in [4.78, 5) is 36.9. The van der Waals surface area contributed by atoms with Crippen molar-refractivity contribution in [2.75, 3.05) is 51.4 Å². The fourth-order valence-electron chi connectivity index (χ4n) is 3.14. The molecule has 0 aliphatic heterocycles. The molecule has 0 unspecified atom stereocenters. The maximum absolute atomic E-state index is 12.4. The highest BCUT2D eigenvalue weighted by Gasteiger charge is 2.20. The van der Waals surface area contributed by atoms with E-state index in [-0.39, 0.29) is 11.8 Å². The standard InChI is InChI=1S/C28H36N8O2/c1-6-30-26-23(20-32-28(34-26)33-24-15-13-22(19-29)14-16-24)11-8-7-9-17-31-27(38)21(2)36(5)25(37)12-10-18-35(3)4/h10,12-16,20-21H,6-7,9,17-18H2,1-5H3,(H,31,38)(H2,30,32,33,34)/t21-/m0/s1. The number of benzene rings is 1. The highest BCUT2D eigenvalue weighted by molar-refractivity contribution is 5.92. The molecule has 0 radical (unpaired) electrons. The minimum Gasteiger partial charge on any atom is -0.369 e. The lowest BCUT2D eigenvalue weighted by Gasteiger charge is -2.23. The summed E-state index contributed by atoms with van der Waals surface area (Å²) in [7, 11) is 5.46. The first-order valence-corrected chi connectivity index (χ1v) is 12.5. The van der Waals surface area contributed by atoms with Gasteiger partial charge in [-0.2, -0.15) is 10.2 Å². The summed E-state index contributed by atoms with van der Waals surface area (Å²) in [6.45, 7) is 5.47. The van der Waals surface area contributed by atoms with Gasteiger partial charge in [-0.1, -0.05) is 17.9 Å². The summed E-state index contributed by atoms with van der Waals surface area (Å²) < 4.78 is 0. The minimum atomic E-state index is -0.575. The molecule has 0 saturated heterocycles. The molecule has 2 amide bonds. The largest absolute Gasteiger partial charge is 0.369 e. The first kappa shape index (κ1) is 29.8. The van der Waals surface area contributed by atoms with Crippen molar-refractivity contribution in [2.45, 2.75) is 32.7 Å². The van der Waals surface area contributed by atoms with Crippen molar-refractivity contribution >= 4 is 29.3 Å². The van der Waals surface area contributed by atoms with Crippen LogP contribution in [0.25, 0.3) is 0 Å². The van der Waals surface area contributed by atoms with E-state index in [1.54, 1.807) is 50.5 Å². The van der Waals surface area contributed by atoms with Crippen LogP contribution in [0.3, 0.4) is 0 Å². The van der Waals surface area contributed by atoms with Gasteiger partial charge in [0.25, 0.3) is 0 Å². The molecule has 1 aromatic heterocycles. The molecular weight excluding hydrogens is 480 g/mol. The zero-order valence-electron chi connectivity index (χ0n) is 22.7. The molecular formula is C28H36N8O2. The SMILES string of the molecule is CCNc1nc(Nc2ccc(C#N)cc2)ncc1C#CCCCNC(=O)[C@H](C)N(C)C(=O)C=CCN(C)C. The quantitative estimate of drug-likeness (QED) is 0.223. The molecule has 1 aromatic carbocycles. The van der Waals surface area contributed by atoms with Crippen LogP contribution in [0.5, 0.6) is 0 Å². The lowest BCUT2D eigenvalue weighted by Crippen LogP contribution is -2.45. The maximum atomic E-state index is 12.4. The zero-order valence-corrected chi connectivity index (χ0v) is 22.7. The van der Waals surface area contributed by atoms with Gasteiger partial charge in [-0.25, -0.2) is 4.98 Å². The second kappa shape index (κ2) is 15.6. The van der Waals surface area contributed by atoms with Gasteiger partial charge in [-0.05, 0) is 58.6 Å². The Morgan fingerprint density at radius 3 is 2.58 bits per heavy atom. The molecule has 38 heavy (non-hydrogen) atoms. The van der Waals surface area contributed by atoms with E-state index >= 15 is 0 Å². The Balaban J connectivity index is 1.85. The van der Waals surface area contributed by atoms with Gasteiger partial charge in [0.2, 0.25) is 17.8 Å². The summed E-state index contributed by atoms with van der Waals surface area (Å²) in [5.74, 6) is 6.84. The van der Waals surface area contributed by atoms with Gasteiger partial charge in [0.15, 0.2) is 0 Å². The molecule has 0 saturated carbocycles. The smallest absolute Gasteiger partial charge is 0.246 e. The van der Waals surface area contributed by atoms with Gasteiger partial charge in [0.1, 0.15) is 11.9 Å². The predicted molar refractivity (Wildman–Crippen MR) is 150 cm³/mol. The van der Waals surface area contributed by atoms with Gasteiger partial charge >= 0.3 is 0 Å². The summed E-state index contributed by atoms with van der Waals surface area (Å²) in [6, 6.07) is 8.54. The van der Waals surface area contributed by atoms with E-state index in [2.05, 4.69) is 43.8 Å². The molecule has 1 atom stereocenters. The molecule has 200 valence electrons. The number of anilines is 3. The molecule has 2 aromatic rings. The molecule has 0 spiro atoms. The lowest BCUT2D eigenvalue weighted by molar-refractivity contribution is -0.135. The van der Waals surface area contributed by atoms with Crippen LogP contribution in [0.15, 0.2) is 42.6 Å². The molecule has 0 fully saturated rings. The normalized spacial score (nSPS) is 11.3. The number of amides is 2.